The van der Waals surface area contributed by atoms with Gasteiger partial charge in [-0.15, -0.1) is 0 Å². The largest absolute Gasteiger partial charge is 0.478 e. The van der Waals surface area contributed by atoms with Crippen LogP contribution >= 0.6 is 0 Å². The first-order valence-corrected chi connectivity index (χ1v) is 8.31. The quantitative estimate of drug-likeness (QED) is 0.559. The molecule has 1 aromatic rings. The van der Waals surface area contributed by atoms with Gasteiger partial charge in [0.25, 0.3) is 0 Å². The third-order valence-electron chi connectivity index (χ3n) is 2.65. The van der Waals surface area contributed by atoms with Gasteiger partial charge in [0.1, 0.15) is 4.90 Å². The predicted molar refractivity (Wildman–Crippen MR) is 83.7 cm³/mol. The first kappa shape index (κ1) is 18.4. The number of aliphatic hydroxyl groups excluding tert-OH is 1. The number of hydrogen-bond acceptors (Lipinski definition) is 5. The molecule has 0 aliphatic heterocycles. The lowest BCUT2D eigenvalue weighted by Crippen LogP contribution is -2.30. The van der Waals surface area contributed by atoms with E-state index < -0.39 is 16.0 Å². The molecule has 1 aromatic carbocycles. The number of carboxylic acids is 1. The van der Waals surface area contributed by atoms with Crippen LogP contribution < -0.4 is 10.0 Å². The molecule has 0 aliphatic carbocycles. The molecule has 0 unspecified atom stereocenters. The molecule has 0 aromatic heterocycles. The molecule has 0 saturated carbocycles. The number of benzene rings is 1. The van der Waals surface area contributed by atoms with E-state index in [4.69, 9.17) is 10.2 Å². The van der Waals surface area contributed by atoms with Gasteiger partial charge >= 0.3 is 5.97 Å². The molecule has 0 bridgehead atoms. The topological polar surface area (TPSA) is 116 Å². The number of rotatable bonds is 7. The highest BCUT2D eigenvalue weighted by molar-refractivity contribution is 7.89. The van der Waals surface area contributed by atoms with Gasteiger partial charge in [0.2, 0.25) is 10.0 Å². The van der Waals surface area contributed by atoms with Crippen molar-refractivity contribution in [2.75, 3.05) is 18.5 Å². The monoisotopic (exact) mass is 330 g/mol. The average Bonchev–Trinajstić information content (AvgIpc) is 2.37. The Hall–Kier alpha value is -1.64. The Morgan fingerprint density at radius 3 is 2.41 bits per heavy atom. The van der Waals surface area contributed by atoms with E-state index in [9.17, 15) is 13.2 Å². The van der Waals surface area contributed by atoms with Crippen LogP contribution in [-0.2, 0) is 10.0 Å². The maximum atomic E-state index is 12.4. The highest BCUT2D eigenvalue weighted by Gasteiger charge is 2.22. The molecule has 7 nitrogen and oxygen atoms in total. The van der Waals surface area contributed by atoms with Gasteiger partial charge in [0.15, 0.2) is 0 Å². The number of carbonyl (C=O) groups is 1. The van der Waals surface area contributed by atoms with Crippen LogP contribution in [0.15, 0.2) is 23.1 Å². The molecule has 0 amide bonds. The third-order valence-corrected chi connectivity index (χ3v) is 4.16. The lowest BCUT2D eigenvalue weighted by atomic mass is 10.1. The fourth-order valence-corrected chi connectivity index (χ4v) is 3.01. The Morgan fingerprint density at radius 2 is 1.91 bits per heavy atom. The molecule has 0 fully saturated rings. The third kappa shape index (κ3) is 5.28. The van der Waals surface area contributed by atoms with Gasteiger partial charge in [0, 0.05) is 18.7 Å². The smallest absolute Gasteiger partial charge is 0.335 e. The van der Waals surface area contributed by atoms with Crippen molar-refractivity contribution in [2.24, 2.45) is 0 Å². The Balaban J connectivity index is 3.27. The SMILES string of the molecule is CC(C)(C)Nc1ccc(C(=O)O)cc1S(=O)(=O)NCCCO. The first-order chi connectivity index (χ1) is 10.1. The first-order valence-electron chi connectivity index (χ1n) is 6.83. The molecule has 0 radical (unpaired) electrons. The Morgan fingerprint density at radius 1 is 1.27 bits per heavy atom. The van der Waals surface area contributed by atoms with Crippen LogP contribution in [0.2, 0.25) is 0 Å². The molecule has 0 saturated heterocycles. The molecule has 124 valence electrons. The van der Waals surface area contributed by atoms with Crippen molar-refractivity contribution in [1.82, 2.24) is 4.72 Å². The summed E-state index contributed by atoms with van der Waals surface area (Å²) in [6.45, 7) is 5.55. The highest BCUT2D eigenvalue weighted by Crippen LogP contribution is 2.25. The predicted octanol–water partition coefficient (Wildman–Crippen LogP) is 1.26. The minimum atomic E-state index is -3.88. The number of aromatic carboxylic acids is 1. The van der Waals surface area contributed by atoms with Crippen LogP contribution in [0.3, 0.4) is 0 Å². The van der Waals surface area contributed by atoms with E-state index in [2.05, 4.69) is 10.0 Å². The Bertz CT molecular complexity index is 635. The summed E-state index contributed by atoms with van der Waals surface area (Å²) in [4.78, 5) is 10.9. The second-order valence-electron chi connectivity index (χ2n) is 5.87. The zero-order valence-corrected chi connectivity index (χ0v) is 13.7. The van der Waals surface area contributed by atoms with Gasteiger partial charge in [-0.25, -0.2) is 17.9 Å². The number of hydrogen-bond donors (Lipinski definition) is 4. The van der Waals surface area contributed by atoms with Crippen LogP contribution in [0.1, 0.15) is 37.6 Å². The lowest BCUT2D eigenvalue weighted by Gasteiger charge is -2.24. The molecule has 0 heterocycles. The number of sulfonamides is 1. The summed E-state index contributed by atoms with van der Waals surface area (Å²) in [5, 5.41) is 20.8. The minimum absolute atomic E-state index is 0.0745. The van der Waals surface area contributed by atoms with Crippen LogP contribution in [0, 0.1) is 0 Å². The summed E-state index contributed by atoms with van der Waals surface area (Å²) in [6.07, 6.45) is 0.278. The maximum Gasteiger partial charge on any atom is 0.335 e. The Kier molecular flexibility index (Phi) is 5.92. The number of nitrogens with one attached hydrogen (secondary N) is 2. The number of carboxylic acid groups (broad SMARTS) is 1. The molecule has 1 rings (SSSR count). The zero-order chi connectivity index (χ0) is 17.0. The standard InChI is InChI=1S/C14H22N2O5S/c1-14(2,3)16-11-6-5-10(13(18)19)9-12(11)22(20,21)15-7-4-8-17/h5-6,9,15-17H,4,7-8H2,1-3H3,(H,18,19). The molecular formula is C14H22N2O5S. The van der Waals surface area contributed by atoms with Crippen LogP contribution in [-0.4, -0.2) is 43.3 Å². The molecular weight excluding hydrogens is 308 g/mol. The van der Waals surface area contributed by atoms with Crippen molar-refractivity contribution in [1.29, 1.82) is 0 Å². The van der Waals surface area contributed by atoms with Gasteiger partial charge in [-0.3, -0.25) is 0 Å². The van der Waals surface area contributed by atoms with E-state index in [1.54, 1.807) is 0 Å². The normalized spacial score (nSPS) is 12.2. The summed E-state index contributed by atoms with van der Waals surface area (Å²) in [6, 6.07) is 3.91. The molecule has 22 heavy (non-hydrogen) atoms. The molecule has 0 spiro atoms. The fourth-order valence-electron chi connectivity index (χ4n) is 1.75. The zero-order valence-electron chi connectivity index (χ0n) is 12.9. The van der Waals surface area contributed by atoms with Gasteiger partial charge in [0.05, 0.1) is 11.3 Å². The van der Waals surface area contributed by atoms with Gasteiger partial charge in [-0.1, -0.05) is 0 Å². The van der Waals surface area contributed by atoms with Gasteiger partial charge < -0.3 is 15.5 Å². The summed E-state index contributed by atoms with van der Waals surface area (Å²) in [5.74, 6) is -1.20. The lowest BCUT2D eigenvalue weighted by molar-refractivity contribution is 0.0696. The van der Waals surface area contributed by atoms with Crippen molar-refractivity contribution >= 4 is 21.7 Å². The van der Waals surface area contributed by atoms with E-state index in [1.807, 2.05) is 20.8 Å². The minimum Gasteiger partial charge on any atom is -0.478 e. The fraction of sp³-hybridized carbons (Fsp3) is 0.500. The van der Waals surface area contributed by atoms with E-state index in [0.717, 1.165) is 6.07 Å². The van der Waals surface area contributed by atoms with E-state index in [0.29, 0.717) is 5.69 Å². The molecule has 8 heteroatoms. The molecule has 4 N–H and O–H groups in total. The summed E-state index contributed by atoms with van der Waals surface area (Å²) < 4.78 is 27.1. The van der Waals surface area contributed by atoms with Gasteiger partial charge in [-0.2, -0.15) is 0 Å². The number of anilines is 1. The van der Waals surface area contributed by atoms with Crippen LogP contribution in [0.4, 0.5) is 5.69 Å². The second-order valence-corrected chi connectivity index (χ2v) is 7.60. The summed E-state index contributed by atoms with van der Waals surface area (Å²) >= 11 is 0. The maximum absolute atomic E-state index is 12.4. The number of aliphatic hydroxyl groups is 1. The average molecular weight is 330 g/mol. The second kappa shape index (κ2) is 7.08. The van der Waals surface area contributed by atoms with Crippen molar-refractivity contribution in [3.63, 3.8) is 0 Å². The van der Waals surface area contributed by atoms with E-state index in [-0.39, 0.29) is 35.6 Å². The van der Waals surface area contributed by atoms with Crippen molar-refractivity contribution < 1.29 is 23.4 Å². The van der Waals surface area contributed by atoms with E-state index in [1.165, 1.54) is 12.1 Å². The molecule has 0 atom stereocenters. The van der Waals surface area contributed by atoms with Crippen molar-refractivity contribution in [3.05, 3.63) is 23.8 Å². The van der Waals surface area contributed by atoms with Crippen molar-refractivity contribution in [2.45, 2.75) is 37.6 Å². The van der Waals surface area contributed by atoms with Gasteiger partial charge in [-0.05, 0) is 45.4 Å². The highest BCUT2D eigenvalue weighted by atomic mass is 32.2. The summed E-state index contributed by atoms with van der Waals surface area (Å²) in [7, 11) is -3.88. The molecule has 0 aliphatic rings. The van der Waals surface area contributed by atoms with Crippen LogP contribution in [0.25, 0.3) is 0 Å². The summed E-state index contributed by atoms with van der Waals surface area (Å²) in [5.41, 5.74) is -0.170. The van der Waals surface area contributed by atoms with Crippen molar-refractivity contribution in [3.8, 4) is 0 Å². The Labute approximate surface area is 130 Å². The van der Waals surface area contributed by atoms with E-state index >= 15 is 0 Å². The van der Waals surface area contributed by atoms with Crippen LogP contribution in [0.5, 0.6) is 0 Å².